The van der Waals surface area contributed by atoms with Crippen molar-refractivity contribution in [2.45, 2.75) is 18.7 Å². The van der Waals surface area contributed by atoms with Crippen LogP contribution < -0.4 is 5.06 Å². The number of amides is 2. The summed E-state index contributed by atoms with van der Waals surface area (Å²) in [7, 11) is 0. The molecule has 0 aliphatic carbocycles. The zero-order valence-corrected chi connectivity index (χ0v) is 16.1. The molecule has 2 amide bonds. The standard InChI is InChI=1S/C24H20N2O4/c27-19-14-8-7-13-18(19)21-20-22(30-26(21)17-11-5-2-6-12-17)24(29)25(23(20)28)15-16-9-3-1-4-10-16/h1-14,20-22,27H,15H2/t20-,21-,22-/m0/s1. The molecule has 2 aliphatic rings. The van der Waals surface area contributed by atoms with Gasteiger partial charge < -0.3 is 5.11 Å². The van der Waals surface area contributed by atoms with E-state index in [1.807, 2.05) is 60.7 Å². The Hall–Kier alpha value is -3.64. The summed E-state index contributed by atoms with van der Waals surface area (Å²) in [4.78, 5) is 33.8. The average Bonchev–Trinajstić information content (AvgIpc) is 3.27. The minimum atomic E-state index is -0.925. The van der Waals surface area contributed by atoms with E-state index < -0.39 is 18.1 Å². The highest BCUT2D eigenvalue weighted by Crippen LogP contribution is 2.48. The molecule has 2 saturated heterocycles. The number of carbonyl (C=O) groups excluding carboxylic acids is 2. The maximum atomic E-state index is 13.4. The SMILES string of the molecule is O=C1[C@@H]2[C@H](ON(c3ccccc3)[C@H]2c2ccccc2O)C(=O)N1Cc1ccccc1. The van der Waals surface area contributed by atoms with Crippen molar-refractivity contribution in [1.82, 2.24) is 4.90 Å². The van der Waals surface area contributed by atoms with E-state index in [-0.39, 0.29) is 24.1 Å². The van der Waals surface area contributed by atoms with Crippen LogP contribution in [0.2, 0.25) is 0 Å². The van der Waals surface area contributed by atoms with Crippen molar-refractivity contribution in [2.75, 3.05) is 5.06 Å². The number of para-hydroxylation sites is 2. The molecular weight excluding hydrogens is 380 g/mol. The second-order valence-electron chi connectivity index (χ2n) is 7.47. The molecular formula is C24H20N2O4. The number of likely N-dealkylation sites (tertiary alicyclic amines) is 1. The summed E-state index contributed by atoms with van der Waals surface area (Å²) in [6, 6.07) is 25.0. The van der Waals surface area contributed by atoms with Crippen molar-refractivity contribution in [3.63, 3.8) is 0 Å². The lowest BCUT2D eigenvalue weighted by Crippen LogP contribution is -2.36. The number of aromatic hydroxyl groups is 1. The lowest BCUT2D eigenvalue weighted by atomic mass is 9.90. The van der Waals surface area contributed by atoms with Crippen molar-refractivity contribution in [1.29, 1.82) is 0 Å². The summed E-state index contributed by atoms with van der Waals surface area (Å²) >= 11 is 0. The number of carbonyl (C=O) groups is 2. The molecule has 2 fully saturated rings. The first-order chi connectivity index (χ1) is 14.6. The molecule has 2 aliphatic heterocycles. The summed E-state index contributed by atoms with van der Waals surface area (Å²) < 4.78 is 0. The van der Waals surface area contributed by atoms with Crippen molar-refractivity contribution in [2.24, 2.45) is 5.92 Å². The molecule has 0 aromatic heterocycles. The summed E-state index contributed by atoms with van der Waals surface area (Å²) in [5.74, 6) is -1.32. The topological polar surface area (TPSA) is 70.1 Å². The van der Waals surface area contributed by atoms with Crippen LogP contribution in [0.25, 0.3) is 0 Å². The highest BCUT2D eigenvalue weighted by atomic mass is 16.7. The average molecular weight is 400 g/mol. The molecule has 5 rings (SSSR count). The van der Waals surface area contributed by atoms with Crippen LogP contribution in [0.4, 0.5) is 5.69 Å². The van der Waals surface area contributed by atoms with Crippen LogP contribution in [0, 0.1) is 5.92 Å². The Morgan fingerprint density at radius 1 is 0.800 bits per heavy atom. The Kier molecular flexibility index (Phi) is 4.48. The van der Waals surface area contributed by atoms with E-state index in [2.05, 4.69) is 0 Å². The van der Waals surface area contributed by atoms with Crippen LogP contribution >= 0.6 is 0 Å². The van der Waals surface area contributed by atoms with E-state index in [1.165, 1.54) is 4.90 Å². The van der Waals surface area contributed by atoms with Gasteiger partial charge in [-0.15, -0.1) is 0 Å². The van der Waals surface area contributed by atoms with Crippen molar-refractivity contribution in [3.05, 3.63) is 96.1 Å². The van der Waals surface area contributed by atoms with Gasteiger partial charge in [-0.2, -0.15) is 0 Å². The smallest absolute Gasteiger partial charge is 0.262 e. The van der Waals surface area contributed by atoms with Crippen LogP contribution in [-0.4, -0.2) is 27.9 Å². The van der Waals surface area contributed by atoms with Crippen LogP contribution in [0.3, 0.4) is 0 Å². The lowest BCUT2D eigenvalue weighted by molar-refractivity contribution is -0.143. The van der Waals surface area contributed by atoms with Gasteiger partial charge in [0.05, 0.1) is 18.3 Å². The number of nitrogens with zero attached hydrogens (tertiary/aromatic N) is 2. The van der Waals surface area contributed by atoms with Gasteiger partial charge in [0.15, 0.2) is 6.10 Å². The summed E-state index contributed by atoms with van der Waals surface area (Å²) in [6.07, 6.45) is -0.925. The highest BCUT2D eigenvalue weighted by molar-refractivity contribution is 6.07. The van der Waals surface area contributed by atoms with E-state index in [0.717, 1.165) is 11.3 Å². The van der Waals surface area contributed by atoms with E-state index >= 15 is 0 Å². The molecule has 3 atom stereocenters. The van der Waals surface area contributed by atoms with E-state index in [9.17, 15) is 14.7 Å². The number of hydrogen-bond acceptors (Lipinski definition) is 5. The second kappa shape index (κ2) is 7.31. The van der Waals surface area contributed by atoms with Gasteiger partial charge in [-0.25, -0.2) is 5.06 Å². The maximum Gasteiger partial charge on any atom is 0.262 e. The third-order valence-electron chi connectivity index (χ3n) is 5.66. The number of hydroxylamine groups is 1. The fourth-order valence-electron chi connectivity index (χ4n) is 4.25. The molecule has 3 aromatic carbocycles. The first-order valence-electron chi connectivity index (χ1n) is 9.83. The van der Waals surface area contributed by atoms with Crippen molar-refractivity contribution in [3.8, 4) is 5.75 Å². The van der Waals surface area contributed by atoms with Crippen LogP contribution in [0.15, 0.2) is 84.9 Å². The minimum Gasteiger partial charge on any atom is -0.508 e. The minimum absolute atomic E-state index is 0.0643. The summed E-state index contributed by atoms with van der Waals surface area (Å²) in [5, 5.41) is 12.1. The summed E-state index contributed by atoms with van der Waals surface area (Å²) in [6.45, 7) is 0.202. The van der Waals surface area contributed by atoms with Crippen LogP contribution in [-0.2, 0) is 21.0 Å². The number of fused-ring (bicyclic) bond motifs is 1. The number of imide groups is 1. The summed E-state index contributed by atoms with van der Waals surface area (Å²) in [5.41, 5.74) is 2.14. The molecule has 0 unspecified atom stereocenters. The van der Waals surface area contributed by atoms with Gasteiger partial charge in [-0.05, 0) is 23.8 Å². The van der Waals surface area contributed by atoms with Gasteiger partial charge >= 0.3 is 0 Å². The van der Waals surface area contributed by atoms with Crippen molar-refractivity contribution < 1.29 is 19.5 Å². The Labute approximate surface area is 173 Å². The Morgan fingerprint density at radius 3 is 2.13 bits per heavy atom. The molecule has 6 heteroatoms. The predicted molar refractivity (Wildman–Crippen MR) is 110 cm³/mol. The molecule has 6 nitrogen and oxygen atoms in total. The molecule has 0 bridgehead atoms. The van der Waals surface area contributed by atoms with Crippen LogP contribution in [0.1, 0.15) is 17.2 Å². The fraction of sp³-hybridized carbons (Fsp3) is 0.167. The van der Waals surface area contributed by atoms with Gasteiger partial charge in [0.25, 0.3) is 5.91 Å². The lowest BCUT2D eigenvalue weighted by Gasteiger charge is -2.29. The fourth-order valence-corrected chi connectivity index (χ4v) is 4.25. The van der Waals surface area contributed by atoms with Crippen LogP contribution in [0.5, 0.6) is 5.75 Å². The zero-order valence-electron chi connectivity index (χ0n) is 16.1. The number of anilines is 1. The predicted octanol–water partition coefficient (Wildman–Crippen LogP) is 3.44. The third-order valence-corrected chi connectivity index (χ3v) is 5.66. The zero-order chi connectivity index (χ0) is 20.7. The highest BCUT2D eigenvalue weighted by Gasteiger charge is 2.60. The van der Waals surface area contributed by atoms with Gasteiger partial charge in [-0.1, -0.05) is 66.7 Å². The van der Waals surface area contributed by atoms with E-state index in [1.54, 1.807) is 29.3 Å². The van der Waals surface area contributed by atoms with E-state index in [0.29, 0.717) is 5.56 Å². The molecule has 30 heavy (non-hydrogen) atoms. The molecule has 1 N–H and O–H groups in total. The van der Waals surface area contributed by atoms with E-state index in [4.69, 9.17) is 4.84 Å². The molecule has 0 saturated carbocycles. The van der Waals surface area contributed by atoms with Gasteiger partial charge in [0, 0.05) is 5.56 Å². The first-order valence-corrected chi connectivity index (χ1v) is 9.83. The van der Waals surface area contributed by atoms with Gasteiger partial charge in [-0.3, -0.25) is 19.3 Å². The first kappa shape index (κ1) is 18.4. The van der Waals surface area contributed by atoms with Gasteiger partial charge in [0.1, 0.15) is 11.7 Å². The largest absolute Gasteiger partial charge is 0.508 e. The Morgan fingerprint density at radius 2 is 1.43 bits per heavy atom. The molecule has 2 heterocycles. The molecule has 0 radical (unpaired) electrons. The van der Waals surface area contributed by atoms with Crippen molar-refractivity contribution >= 4 is 17.5 Å². The molecule has 0 spiro atoms. The maximum absolute atomic E-state index is 13.4. The monoisotopic (exact) mass is 400 g/mol. The Balaban J connectivity index is 1.54. The normalized spacial score (nSPS) is 23.1. The molecule has 150 valence electrons. The second-order valence-corrected chi connectivity index (χ2v) is 7.47. The number of phenolic OH excluding ortho intramolecular Hbond substituents is 1. The third kappa shape index (κ3) is 2.93. The number of rotatable bonds is 4. The molecule has 3 aromatic rings. The Bertz CT molecular complexity index is 1090. The van der Waals surface area contributed by atoms with Gasteiger partial charge in [0.2, 0.25) is 5.91 Å². The number of hydrogen-bond donors (Lipinski definition) is 1. The number of benzene rings is 3. The quantitative estimate of drug-likeness (QED) is 0.680. The number of phenols is 1.